The molecular formula is C17H19BrN2O. The molecule has 2 N–H and O–H groups in total. The average Bonchev–Trinajstić information content (AvgIpc) is 2.48. The number of halogens is 1. The number of ether oxygens (including phenoxy) is 1. The number of methoxy groups -OCH3 is 1. The van der Waals surface area contributed by atoms with Gasteiger partial charge in [0, 0.05) is 24.5 Å². The molecule has 2 aromatic carbocycles. The normalized spacial score (nSPS) is 13.9. The van der Waals surface area contributed by atoms with E-state index in [-0.39, 0.29) is 0 Å². The van der Waals surface area contributed by atoms with Crippen molar-refractivity contribution in [3.63, 3.8) is 0 Å². The molecule has 0 aliphatic carbocycles. The third kappa shape index (κ3) is 3.00. The maximum absolute atomic E-state index is 5.95. The highest BCUT2D eigenvalue weighted by Gasteiger charge is 2.17. The number of aryl methyl sites for hydroxylation is 1. The van der Waals surface area contributed by atoms with E-state index in [2.05, 4.69) is 45.1 Å². The quantitative estimate of drug-likeness (QED) is 0.854. The fourth-order valence-corrected chi connectivity index (χ4v) is 3.45. The van der Waals surface area contributed by atoms with E-state index in [0.29, 0.717) is 0 Å². The molecule has 0 amide bonds. The van der Waals surface area contributed by atoms with Crippen LogP contribution >= 0.6 is 15.9 Å². The largest absolute Gasteiger partial charge is 0.496 e. The summed E-state index contributed by atoms with van der Waals surface area (Å²) in [5.41, 5.74) is 10.7. The van der Waals surface area contributed by atoms with E-state index >= 15 is 0 Å². The SMILES string of the molecule is COc1ccc(CN2CCCc3ccc(N)cc32)cc1Br. The van der Waals surface area contributed by atoms with E-state index in [1.54, 1.807) is 7.11 Å². The Bertz CT molecular complexity index is 657. The number of nitrogens with two attached hydrogens (primary N) is 1. The number of nitrogen functional groups attached to an aromatic ring is 1. The van der Waals surface area contributed by atoms with Crippen LogP contribution in [0.3, 0.4) is 0 Å². The molecule has 0 saturated heterocycles. The summed E-state index contributed by atoms with van der Waals surface area (Å²) in [4.78, 5) is 2.41. The maximum atomic E-state index is 5.95. The first-order valence-corrected chi connectivity index (χ1v) is 7.92. The van der Waals surface area contributed by atoms with Gasteiger partial charge in [-0.05, 0) is 64.2 Å². The van der Waals surface area contributed by atoms with Crippen molar-refractivity contribution in [1.82, 2.24) is 0 Å². The Balaban J connectivity index is 1.86. The molecule has 0 fully saturated rings. The van der Waals surface area contributed by atoms with E-state index in [4.69, 9.17) is 10.5 Å². The van der Waals surface area contributed by atoms with Crippen molar-refractivity contribution < 1.29 is 4.74 Å². The predicted octanol–water partition coefficient (Wildman–Crippen LogP) is 3.99. The van der Waals surface area contributed by atoms with Crippen molar-refractivity contribution in [2.45, 2.75) is 19.4 Å². The monoisotopic (exact) mass is 346 g/mol. The van der Waals surface area contributed by atoms with Gasteiger partial charge in [-0.2, -0.15) is 0 Å². The van der Waals surface area contributed by atoms with Gasteiger partial charge in [0.2, 0.25) is 0 Å². The van der Waals surface area contributed by atoms with Crippen LogP contribution in [0.4, 0.5) is 11.4 Å². The minimum atomic E-state index is 0.830. The van der Waals surface area contributed by atoms with Gasteiger partial charge in [-0.25, -0.2) is 0 Å². The van der Waals surface area contributed by atoms with E-state index in [9.17, 15) is 0 Å². The number of benzene rings is 2. The van der Waals surface area contributed by atoms with Crippen LogP contribution in [0.15, 0.2) is 40.9 Å². The molecule has 1 aliphatic rings. The van der Waals surface area contributed by atoms with Gasteiger partial charge in [0.25, 0.3) is 0 Å². The molecule has 3 nitrogen and oxygen atoms in total. The van der Waals surface area contributed by atoms with E-state index in [1.165, 1.54) is 23.2 Å². The van der Waals surface area contributed by atoms with Crippen molar-refractivity contribution in [3.05, 3.63) is 52.0 Å². The van der Waals surface area contributed by atoms with Crippen LogP contribution in [0.1, 0.15) is 17.5 Å². The van der Waals surface area contributed by atoms with Crippen molar-refractivity contribution >= 4 is 27.3 Å². The Labute approximate surface area is 133 Å². The summed E-state index contributed by atoms with van der Waals surface area (Å²) in [7, 11) is 1.68. The lowest BCUT2D eigenvalue weighted by molar-refractivity contribution is 0.412. The predicted molar refractivity (Wildman–Crippen MR) is 90.9 cm³/mol. The number of hydrogen-bond acceptors (Lipinski definition) is 3. The standard InChI is InChI=1S/C17H19BrN2O/c1-21-17-7-4-12(9-15(17)18)11-20-8-2-3-13-5-6-14(19)10-16(13)20/h4-7,9-10H,2-3,8,11,19H2,1H3. The Kier molecular flexibility index (Phi) is 4.06. The summed E-state index contributed by atoms with van der Waals surface area (Å²) >= 11 is 3.55. The van der Waals surface area contributed by atoms with Crippen LogP contribution in [0.2, 0.25) is 0 Å². The Hall–Kier alpha value is -1.68. The number of anilines is 2. The Morgan fingerprint density at radius 2 is 2.10 bits per heavy atom. The molecule has 1 aliphatic heterocycles. The number of fused-ring (bicyclic) bond motifs is 1. The molecule has 1 heterocycles. The zero-order valence-electron chi connectivity index (χ0n) is 12.1. The summed E-state index contributed by atoms with van der Waals surface area (Å²) in [5.74, 6) is 0.863. The lowest BCUT2D eigenvalue weighted by Gasteiger charge is -2.31. The van der Waals surface area contributed by atoms with Crippen LogP contribution in [-0.2, 0) is 13.0 Å². The van der Waals surface area contributed by atoms with Gasteiger partial charge in [-0.1, -0.05) is 12.1 Å². The van der Waals surface area contributed by atoms with Crippen LogP contribution in [0.5, 0.6) is 5.75 Å². The molecule has 0 saturated carbocycles. The first-order valence-electron chi connectivity index (χ1n) is 7.13. The molecule has 110 valence electrons. The Morgan fingerprint density at radius 3 is 2.86 bits per heavy atom. The fourth-order valence-electron chi connectivity index (χ4n) is 2.86. The fraction of sp³-hybridized carbons (Fsp3) is 0.294. The summed E-state index contributed by atoms with van der Waals surface area (Å²) < 4.78 is 6.28. The zero-order valence-corrected chi connectivity index (χ0v) is 13.7. The molecule has 0 radical (unpaired) electrons. The summed E-state index contributed by atoms with van der Waals surface area (Å²) in [5, 5.41) is 0. The van der Waals surface area contributed by atoms with E-state index in [1.807, 2.05) is 12.1 Å². The van der Waals surface area contributed by atoms with Crippen molar-refractivity contribution in [2.24, 2.45) is 0 Å². The van der Waals surface area contributed by atoms with Gasteiger partial charge in [0.1, 0.15) is 5.75 Å². The molecule has 4 heteroatoms. The summed E-state index contributed by atoms with van der Waals surface area (Å²) in [6.07, 6.45) is 2.33. The van der Waals surface area contributed by atoms with E-state index < -0.39 is 0 Å². The topological polar surface area (TPSA) is 38.5 Å². The smallest absolute Gasteiger partial charge is 0.133 e. The zero-order chi connectivity index (χ0) is 14.8. The average molecular weight is 347 g/mol. The second-order valence-corrected chi connectivity index (χ2v) is 6.24. The first-order chi connectivity index (χ1) is 10.2. The molecular weight excluding hydrogens is 328 g/mol. The maximum Gasteiger partial charge on any atom is 0.133 e. The molecule has 2 aromatic rings. The molecule has 0 spiro atoms. The lowest BCUT2D eigenvalue weighted by Crippen LogP contribution is -2.28. The molecule has 3 rings (SSSR count). The first kappa shape index (κ1) is 14.3. The highest BCUT2D eigenvalue weighted by atomic mass is 79.9. The highest BCUT2D eigenvalue weighted by Crippen LogP contribution is 2.32. The summed E-state index contributed by atoms with van der Waals surface area (Å²) in [6, 6.07) is 12.5. The second-order valence-electron chi connectivity index (χ2n) is 5.38. The van der Waals surface area contributed by atoms with Crippen molar-refractivity contribution in [1.29, 1.82) is 0 Å². The molecule has 0 unspecified atom stereocenters. The molecule has 21 heavy (non-hydrogen) atoms. The van der Waals surface area contributed by atoms with Crippen molar-refractivity contribution in [3.8, 4) is 5.75 Å². The molecule has 0 aromatic heterocycles. The number of hydrogen-bond donors (Lipinski definition) is 1. The lowest BCUT2D eigenvalue weighted by atomic mass is 10.0. The minimum absolute atomic E-state index is 0.830. The van der Waals surface area contributed by atoms with Crippen LogP contribution < -0.4 is 15.4 Å². The number of rotatable bonds is 3. The van der Waals surface area contributed by atoms with Gasteiger partial charge in [0.15, 0.2) is 0 Å². The molecule has 0 atom stereocenters. The number of nitrogens with zero attached hydrogens (tertiary/aromatic N) is 1. The van der Waals surface area contributed by atoms with Gasteiger partial charge in [-0.3, -0.25) is 0 Å². The van der Waals surface area contributed by atoms with Gasteiger partial charge < -0.3 is 15.4 Å². The second kappa shape index (κ2) is 5.98. The van der Waals surface area contributed by atoms with Crippen LogP contribution in [-0.4, -0.2) is 13.7 Å². The van der Waals surface area contributed by atoms with Gasteiger partial charge in [0.05, 0.1) is 11.6 Å². The van der Waals surface area contributed by atoms with Crippen LogP contribution in [0, 0.1) is 0 Å². The summed E-state index contributed by atoms with van der Waals surface area (Å²) in [6.45, 7) is 1.96. The van der Waals surface area contributed by atoms with Crippen molar-refractivity contribution in [2.75, 3.05) is 24.3 Å². The Morgan fingerprint density at radius 1 is 1.24 bits per heavy atom. The highest BCUT2D eigenvalue weighted by molar-refractivity contribution is 9.10. The third-order valence-electron chi connectivity index (χ3n) is 3.91. The van der Waals surface area contributed by atoms with Gasteiger partial charge >= 0.3 is 0 Å². The van der Waals surface area contributed by atoms with E-state index in [0.717, 1.165) is 35.4 Å². The molecule has 0 bridgehead atoms. The third-order valence-corrected chi connectivity index (χ3v) is 4.53. The van der Waals surface area contributed by atoms with Gasteiger partial charge in [-0.15, -0.1) is 0 Å². The minimum Gasteiger partial charge on any atom is -0.496 e. The van der Waals surface area contributed by atoms with Crippen LogP contribution in [0.25, 0.3) is 0 Å².